The Morgan fingerprint density at radius 3 is 1.80 bits per heavy atom. The molecule has 0 atom stereocenters. The molecule has 0 aliphatic carbocycles. The fourth-order valence-corrected chi connectivity index (χ4v) is 2.66. The van der Waals surface area contributed by atoms with Crippen molar-refractivity contribution < 1.29 is 4.74 Å². The number of rotatable bonds is 7. The summed E-state index contributed by atoms with van der Waals surface area (Å²) in [4.78, 5) is 0. The van der Waals surface area contributed by atoms with Gasteiger partial charge >= 0.3 is 0 Å². The summed E-state index contributed by atoms with van der Waals surface area (Å²) in [5.74, 6) is 0. The second kappa shape index (κ2) is 7.22. The van der Waals surface area contributed by atoms with Crippen LogP contribution in [0.2, 0.25) is 0 Å². The molecule has 0 aliphatic rings. The summed E-state index contributed by atoms with van der Waals surface area (Å²) in [5.41, 5.74) is 2.05. The van der Waals surface area contributed by atoms with Crippen LogP contribution in [0, 0.1) is 0 Å². The fourth-order valence-electron chi connectivity index (χ4n) is 2.66. The molecular weight excluding hydrogens is 246 g/mol. The van der Waals surface area contributed by atoms with Gasteiger partial charge in [0, 0.05) is 6.61 Å². The molecule has 0 bridgehead atoms. The quantitative estimate of drug-likeness (QED) is 0.829. The molecule has 0 amide bonds. The topological polar surface area (TPSA) is 21.3 Å². The molecule has 1 N–H and O–H groups in total. The standard InChI is InChI=1S/C18H23NO/c1-3-20-18(14-15-19-2,16-10-6-4-7-11-16)17-12-8-5-9-13-17/h4-13,19H,3,14-15H2,1-2H3. The minimum Gasteiger partial charge on any atom is -0.366 e. The van der Waals surface area contributed by atoms with Crippen molar-refractivity contribution in [2.45, 2.75) is 18.9 Å². The molecule has 2 rings (SSSR count). The minimum absolute atomic E-state index is 0.375. The minimum atomic E-state index is -0.375. The van der Waals surface area contributed by atoms with Gasteiger partial charge in [0.05, 0.1) is 0 Å². The Labute approximate surface area is 121 Å². The number of benzene rings is 2. The Balaban J connectivity index is 2.50. The predicted molar refractivity (Wildman–Crippen MR) is 83.8 cm³/mol. The molecule has 2 heteroatoms. The SMILES string of the molecule is CCOC(CCNC)(c1ccccc1)c1ccccc1. The van der Waals surface area contributed by atoms with E-state index in [1.807, 2.05) is 19.2 Å². The second-order valence-corrected chi connectivity index (χ2v) is 4.85. The van der Waals surface area contributed by atoms with Crippen molar-refractivity contribution in [3.05, 3.63) is 71.8 Å². The van der Waals surface area contributed by atoms with E-state index in [0.29, 0.717) is 6.61 Å². The van der Waals surface area contributed by atoms with E-state index in [-0.39, 0.29) is 5.60 Å². The molecule has 2 aromatic carbocycles. The van der Waals surface area contributed by atoms with Gasteiger partial charge in [-0.3, -0.25) is 0 Å². The summed E-state index contributed by atoms with van der Waals surface area (Å²) in [6.07, 6.45) is 0.908. The summed E-state index contributed by atoms with van der Waals surface area (Å²) in [6, 6.07) is 21.0. The van der Waals surface area contributed by atoms with Crippen molar-refractivity contribution in [2.75, 3.05) is 20.2 Å². The van der Waals surface area contributed by atoms with Crippen LogP contribution >= 0.6 is 0 Å². The van der Waals surface area contributed by atoms with Crippen molar-refractivity contribution >= 4 is 0 Å². The highest BCUT2D eigenvalue weighted by Crippen LogP contribution is 2.36. The van der Waals surface area contributed by atoms with Crippen LogP contribution in [0.25, 0.3) is 0 Å². The van der Waals surface area contributed by atoms with Gasteiger partial charge in [0.15, 0.2) is 0 Å². The molecular formula is C18H23NO. The van der Waals surface area contributed by atoms with Crippen molar-refractivity contribution in [3.8, 4) is 0 Å². The summed E-state index contributed by atoms with van der Waals surface area (Å²) in [6.45, 7) is 3.65. The summed E-state index contributed by atoms with van der Waals surface area (Å²) < 4.78 is 6.26. The van der Waals surface area contributed by atoms with E-state index in [1.165, 1.54) is 11.1 Å². The fraction of sp³-hybridized carbons (Fsp3) is 0.333. The van der Waals surface area contributed by atoms with Crippen LogP contribution in [0.1, 0.15) is 24.5 Å². The summed E-state index contributed by atoms with van der Waals surface area (Å²) >= 11 is 0. The Kier molecular flexibility index (Phi) is 5.33. The number of ether oxygens (including phenoxy) is 1. The highest BCUT2D eigenvalue weighted by molar-refractivity contribution is 5.36. The first-order valence-electron chi connectivity index (χ1n) is 7.23. The van der Waals surface area contributed by atoms with Gasteiger partial charge in [-0.05, 0) is 38.1 Å². The van der Waals surface area contributed by atoms with Gasteiger partial charge in [-0.2, -0.15) is 0 Å². The van der Waals surface area contributed by atoms with E-state index >= 15 is 0 Å². The van der Waals surface area contributed by atoms with E-state index in [0.717, 1.165) is 13.0 Å². The molecule has 0 spiro atoms. The molecule has 0 saturated heterocycles. The normalized spacial score (nSPS) is 11.5. The Morgan fingerprint density at radius 2 is 1.40 bits per heavy atom. The Hall–Kier alpha value is -1.64. The zero-order valence-corrected chi connectivity index (χ0v) is 12.3. The molecule has 0 aliphatic heterocycles. The Morgan fingerprint density at radius 1 is 0.900 bits per heavy atom. The van der Waals surface area contributed by atoms with Gasteiger partial charge in [-0.25, -0.2) is 0 Å². The predicted octanol–water partition coefficient (Wildman–Crippen LogP) is 3.58. The van der Waals surface area contributed by atoms with Gasteiger partial charge in [-0.1, -0.05) is 60.7 Å². The molecule has 0 saturated carbocycles. The van der Waals surface area contributed by atoms with Crippen molar-refractivity contribution in [1.82, 2.24) is 5.32 Å². The first-order chi connectivity index (χ1) is 9.83. The lowest BCUT2D eigenvalue weighted by atomic mass is 9.83. The number of hydrogen-bond donors (Lipinski definition) is 1. The second-order valence-electron chi connectivity index (χ2n) is 4.85. The van der Waals surface area contributed by atoms with E-state index in [1.54, 1.807) is 0 Å². The smallest absolute Gasteiger partial charge is 0.119 e. The van der Waals surface area contributed by atoms with Crippen LogP contribution in [0.4, 0.5) is 0 Å². The third-order valence-corrected chi connectivity index (χ3v) is 3.60. The maximum absolute atomic E-state index is 6.26. The average molecular weight is 269 g/mol. The van der Waals surface area contributed by atoms with Gasteiger partial charge < -0.3 is 10.1 Å². The van der Waals surface area contributed by atoms with Crippen LogP contribution in [0.15, 0.2) is 60.7 Å². The molecule has 106 valence electrons. The molecule has 0 fully saturated rings. The molecule has 2 nitrogen and oxygen atoms in total. The van der Waals surface area contributed by atoms with E-state index in [4.69, 9.17) is 4.74 Å². The van der Waals surface area contributed by atoms with Gasteiger partial charge in [-0.15, -0.1) is 0 Å². The monoisotopic (exact) mass is 269 g/mol. The van der Waals surface area contributed by atoms with Crippen LogP contribution in [-0.2, 0) is 10.3 Å². The van der Waals surface area contributed by atoms with E-state index in [2.05, 4.69) is 60.8 Å². The van der Waals surface area contributed by atoms with Crippen LogP contribution in [0.3, 0.4) is 0 Å². The maximum Gasteiger partial charge on any atom is 0.119 e. The van der Waals surface area contributed by atoms with Crippen LogP contribution < -0.4 is 5.32 Å². The van der Waals surface area contributed by atoms with Crippen LogP contribution in [-0.4, -0.2) is 20.2 Å². The summed E-state index contributed by atoms with van der Waals surface area (Å²) in [5, 5.41) is 3.24. The van der Waals surface area contributed by atoms with Crippen molar-refractivity contribution in [1.29, 1.82) is 0 Å². The molecule has 0 aromatic heterocycles. The highest BCUT2D eigenvalue weighted by Gasteiger charge is 2.34. The molecule has 0 heterocycles. The first kappa shape index (κ1) is 14.8. The molecule has 2 aromatic rings. The average Bonchev–Trinajstić information content (AvgIpc) is 2.53. The van der Waals surface area contributed by atoms with Gasteiger partial charge in [0.1, 0.15) is 5.60 Å². The van der Waals surface area contributed by atoms with Crippen LogP contribution in [0.5, 0.6) is 0 Å². The zero-order valence-electron chi connectivity index (χ0n) is 12.3. The van der Waals surface area contributed by atoms with Crippen molar-refractivity contribution in [2.24, 2.45) is 0 Å². The number of nitrogens with one attached hydrogen (secondary N) is 1. The third kappa shape index (κ3) is 3.09. The molecule has 0 radical (unpaired) electrons. The lowest BCUT2D eigenvalue weighted by Crippen LogP contribution is -2.34. The van der Waals surface area contributed by atoms with Gasteiger partial charge in [0.2, 0.25) is 0 Å². The van der Waals surface area contributed by atoms with Crippen molar-refractivity contribution in [3.63, 3.8) is 0 Å². The maximum atomic E-state index is 6.26. The van der Waals surface area contributed by atoms with Gasteiger partial charge in [0.25, 0.3) is 0 Å². The molecule has 20 heavy (non-hydrogen) atoms. The zero-order chi connectivity index (χ0) is 14.3. The van der Waals surface area contributed by atoms with E-state index < -0.39 is 0 Å². The first-order valence-corrected chi connectivity index (χ1v) is 7.23. The summed E-state index contributed by atoms with van der Waals surface area (Å²) in [7, 11) is 1.98. The molecule has 0 unspecified atom stereocenters. The Bertz CT molecular complexity index is 456. The van der Waals surface area contributed by atoms with E-state index in [9.17, 15) is 0 Å². The lowest BCUT2D eigenvalue weighted by molar-refractivity contribution is -0.0169. The highest BCUT2D eigenvalue weighted by atomic mass is 16.5. The number of hydrogen-bond acceptors (Lipinski definition) is 2. The lowest BCUT2D eigenvalue weighted by Gasteiger charge is -2.35. The largest absolute Gasteiger partial charge is 0.366 e. The third-order valence-electron chi connectivity index (χ3n) is 3.60.